The van der Waals surface area contributed by atoms with Gasteiger partial charge in [0.1, 0.15) is 0 Å². The van der Waals surface area contributed by atoms with Gasteiger partial charge in [0.25, 0.3) is 0 Å². The summed E-state index contributed by atoms with van der Waals surface area (Å²) in [5.41, 5.74) is 2.81. The highest BCUT2D eigenvalue weighted by molar-refractivity contribution is 7.41. The van der Waals surface area contributed by atoms with Crippen LogP contribution in [0.15, 0.2) is 60.7 Å². The van der Waals surface area contributed by atoms with Gasteiger partial charge in [0, 0.05) is 0 Å². The van der Waals surface area contributed by atoms with E-state index >= 15 is 0 Å². The highest BCUT2D eigenvalue weighted by atomic mass is 31.0. The molecule has 0 N–H and O–H groups in total. The van der Waals surface area contributed by atoms with Crippen molar-refractivity contribution in [2.75, 3.05) is 0 Å². The molecule has 0 amide bonds. The summed E-state index contributed by atoms with van der Waals surface area (Å²) in [7, 11) is -1.54. The van der Waals surface area contributed by atoms with Crippen molar-refractivity contribution in [2.45, 2.75) is 39.3 Å². The van der Waals surface area contributed by atoms with Crippen molar-refractivity contribution in [3.8, 4) is 21.7 Å². The van der Waals surface area contributed by atoms with Crippen LogP contribution in [-0.4, -0.2) is 16.1 Å². The second-order valence-electron chi connectivity index (χ2n) is 8.79. The molecule has 0 radical (unpaired) electrons. The molecule has 0 atom stereocenters. The van der Waals surface area contributed by atoms with Crippen LogP contribution >= 0.6 is 8.19 Å². The molecule has 0 saturated carbocycles. The predicted molar refractivity (Wildman–Crippen MR) is 121 cm³/mol. The van der Waals surface area contributed by atoms with E-state index in [0.29, 0.717) is 0 Å². The first-order valence-electron chi connectivity index (χ1n) is 9.02. The maximum Gasteiger partial charge on any atom is 0.0747 e. The Bertz CT molecular complexity index is 779. The van der Waals surface area contributed by atoms with Gasteiger partial charge in [-0.15, -0.1) is 0 Å². The van der Waals surface area contributed by atoms with E-state index in [1.54, 1.807) is 21.0 Å². The van der Waals surface area contributed by atoms with Crippen LogP contribution in [0.2, 0.25) is 39.3 Å². The van der Waals surface area contributed by atoms with Gasteiger partial charge >= 0.3 is 0 Å². The second-order valence-corrected chi connectivity index (χ2v) is 19.9. The first-order chi connectivity index (χ1) is 11.7. The Morgan fingerprint density at radius 1 is 0.520 bits per heavy atom. The lowest BCUT2D eigenvalue weighted by molar-refractivity contribution is 1.67. The van der Waals surface area contributed by atoms with Gasteiger partial charge in [0.15, 0.2) is 0 Å². The van der Waals surface area contributed by atoms with Crippen molar-refractivity contribution in [1.29, 1.82) is 0 Å². The standard InChI is InChI=1S/C22H28PSi2/c1-24(2,3)21-19(17-13-9-7-10-14-17)23-20(22(21)25(4,5)6)18-15-11-8-12-16-18/h7-16H,1-6H3/q-1. The van der Waals surface area contributed by atoms with Crippen LogP contribution in [0.3, 0.4) is 0 Å². The van der Waals surface area contributed by atoms with Crippen LogP contribution in [0.5, 0.6) is 0 Å². The molecular formula is C22H28PSi2-. The normalized spacial score (nSPS) is 12.4. The van der Waals surface area contributed by atoms with Crippen molar-refractivity contribution in [2.24, 2.45) is 0 Å². The molecule has 1 aromatic heterocycles. The van der Waals surface area contributed by atoms with Crippen LogP contribution in [0, 0.1) is 0 Å². The molecule has 3 rings (SSSR count). The molecule has 3 heteroatoms. The quantitative estimate of drug-likeness (QED) is 0.459. The molecule has 0 saturated heterocycles. The molecule has 0 unspecified atom stereocenters. The maximum absolute atomic E-state index is 2.51. The van der Waals surface area contributed by atoms with Gasteiger partial charge < -0.3 is 8.19 Å². The summed E-state index contributed by atoms with van der Waals surface area (Å²) in [6, 6.07) is 22.1. The van der Waals surface area contributed by atoms with Gasteiger partial charge in [-0.1, -0.05) is 121 Å². The summed E-state index contributed by atoms with van der Waals surface area (Å²) in [5.74, 6) is 0. The molecule has 3 aromatic rings. The zero-order valence-corrected chi connectivity index (χ0v) is 19.1. The van der Waals surface area contributed by atoms with Gasteiger partial charge in [-0.25, -0.2) is 0 Å². The maximum atomic E-state index is 2.51. The summed E-state index contributed by atoms with van der Waals surface area (Å²) in [6.07, 6.45) is 0. The Balaban J connectivity index is 2.40. The van der Waals surface area contributed by atoms with E-state index in [1.165, 1.54) is 19.3 Å². The third-order valence-corrected chi connectivity index (χ3v) is 10.6. The van der Waals surface area contributed by atoms with Gasteiger partial charge in [0.05, 0.1) is 16.1 Å². The van der Waals surface area contributed by atoms with E-state index < -0.39 is 16.1 Å². The summed E-state index contributed by atoms with van der Waals surface area (Å²) in [4.78, 5) is 0. The molecule has 1 heterocycles. The topological polar surface area (TPSA) is 0 Å². The minimum atomic E-state index is -1.47. The van der Waals surface area contributed by atoms with Gasteiger partial charge in [-0.2, -0.15) is 10.6 Å². The Kier molecular flexibility index (Phi) is 4.98. The predicted octanol–water partition coefficient (Wildman–Crippen LogP) is 6.41. The van der Waals surface area contributed by atoms with Crippen molar-refractivity contribution in [1.82, 2.24) is 0 Å². The Morgan fingerprint density at radius 2 is 0.840 bits per heavy atom. The van der Waals surface area contributed by atoms with Crippen LogP contribution < -0.4 is 10.4 Å². The molecular weight excluding hydrogens is 351 g/mol. The van der Waals surface area contributed by atoms with Crippen molar-refractivity contribution >= 4 is 34.7 Å². The largest absolute Gasteiger partial charge is 0.515 e. The first kappa shape index (κ1) is 18.4. The average Bonchev–Trinajstić information content (AvgIpc) is 2.98. The van der Waals surface area contributed by atoms with Gasteiger partial charge in [-0.3, -0.25) is 0 Å². The summed E-state index contributed by atoms with van der Waals surface area (Å²) >= 11 is 0. The van der Waals surface area contributed by atoms with Crippen LogP contribution in [-0.2, 0) is 0 Å². The lowest BCUT2D eigenvalue weighted by Crippen LogP contribution is -2.55. The Labute approximate surface area is 156 Å². The van der Waals surface area contributed by atoms with Gasteiger partial charge in [0.2, 0.25) is 0 Å². The summed E-state index contributed by atoms with van der Waals surface area (Å²) in [5, 5.41) is 6.57. The van der Waals surface area contributed by atoms with Crippen LogP contribution in [0.1, 0.15) is 0 Å². The highest BCUT2D eigenvalue weighted by Gasteiger charge is 2.30. The minimum Gasteiger partial charge on any atom is -0.515 e. The lowest BCUT2D eigenvalue weighted by atomic mass is 10.1. The fourth-order valence-electron chi connectivity index (χ4n) is 3.53. The van der Waals surface area contributed by atoms with E-state index in [4.69, 9.17) is 0 Å². The fourth-order valence-corrected chi connectivity index (χ4v) is 13.0. The molecule has 0 aliphatic heterocycles. The average molecular weight is 380 g/mol. The van der Waals surface area contributed by atoms with Crippen LogP contribution in [0.4, 0.5) is 0 Å². The molecule has 130 valence electrons. The fraction of sp³-hybridized carbons (Fsp3) is 0.273. The Morgan fingerprint density at radius 3 is 1.12 bits per heavy atom. The summed E-state index contributed by atoms with van der Waals surface area (Å²) in [6.45, 7) is 15.1. The van der Waals surface area contributed by atoms with E-state index in [0.717, 1.165) is 0 Å². The smallest absolute Gasteiger partial charge is 0.0747 e. The van der Waals surface area contributed by atoms with Crippen molar-refractivity contribution in [3.63, 3.8) is 0 Å². The molecule has 2 aromatic carbocycles. The minimum absolute atomic E-state index is 1.40. The second kappa shape index (κ2) is 6.76. The van der Waals surface area contributed by atoms with Crippen molar-refractivity contribution in [3.05, 3.63) is 60.7 Å². The molecule has 25 heavy (non-hydrogen) atoms. The molecule has 0 nitrogen and oxygen atoms in total. The van der Waals surface area contributed by atoms with E-state index in [9.17, 15) is 0 Å². The lowest BCUT2D eigenvalue weighted by Gasteiger charge is -2.31. The molecule has 0 bridgehead atoms. The SMILES string of the molecule is C[Si](C)(C)c1c(-c2ccccc2)[p-]c(-c2ccccc2)c1[Si](C)(C)C. The monoisotopic (exact) mass is 379 g/mol. The molecule has 0 aliphatic carbocycles. The Hall–Kier alpha value is -1.35. The number of benzene rings is 2. The van der Waals surface area contributed by atoms with Crippen LogP contribution in [0.25, 0.3) is 21.7 Å². The molecule has 0 aliphatic rings. The van der Waals surface area contributed by atoms with Gasteiger partial charge in [-0.05, 0) is 0 Å². The van der Waals surface area contributed by atoms with E-state index in [2.05, 4.69) is 99.9 Å². The number of rotatable bonds is 4. The zero-order chi connectivity index (χ0) is 18.2. The first-order valence-corrected chi connectivity index (χ1v) is 16.9. The third-order valence-electron chi connectivity index (χ3n) is 4.54. The van der Waals surface area contributed by atoms with E-state index in [-0.39, 0.29) is 0 Å². The zero-order valence-electron chi connectivity index (χ0n) is 16.2. The number of hydrogen-bond donors (Lipinski definition) is 0. The highest BCUT2D eigenvalue weighted by Crippen LogP contribution is 2.39. The molecule has 0 spiro atoms. The summed E-state index contributed by atoms with van der Waals surface area (Å²) < 4.78 is 0. The molecule has 0 fully saturated rings. The van der Waals surface area contributed by atoms with Crippen molar-refractivity contribution < 1.29 is 0 Å². The number of hydrogen-bond acceptors (Lipinski definition) is 0. The van der Waals surface area contributed by atoms with E-state index in [1.807, 2.05) is 0 Å². The third kappa shape index (κ3) is 3.77.